The molecular weight excluding hydrogens is 234 g/mol. The molecule has 1 aromatic rings. The van der Waals surface area contributed by atoms with Crippen LogP contribution in [0.25, 0.3) is 0 Å². The Morgan fingerprint density at radius 3 is 2.82 bits per heavy atom. The Balaban J connectivity index is 0.00000144. The van der Waals surface area contributed by atoms with Crippen molar-refractivity contribution in [3.05, 3.63) is 29.8 Å². The van der Waals surface area contributed by atoms with Gasteiger partial charge in [-0.05, 0) is 56.0 Å². The van der Waals surface area contributed by atoms with E-state index in [9.17, 15) is 5.11 Å². The normalized spacial score (nSPS) is 22.8. The molecule has 17 heavy (non-hydrogen) atoms. The molecule has 2 atom stereocenters. The molecule has 0 aliphatic carbocycles. The van der Waals surface area contributed by atoms with E-state index in [0.29, 0.717) is 11.7 Å². The lowest BCUT2D eigenvalue weighted by atomic mass is 9.82. The highest BCUT2D eigenvalue weighted by Crippen LogP contribution is 2.32. The van der Waals surface area contributed by atoms with Gasteiger partial charge < -0.3 is 10.0 Å². The molecule has 0 spiro atoms. The second-order valence-corrected chi connectivity index (χ2v) is 5.05. The number of piperidine rings is 1. The topological polar surface area (TPSA) is 23.5 Å². The molecule has 0 saturated carbocycles. The molecule has 2 nitrogen and oxygen atoms in total. The largest absolute Gasteiger partial charge is 0.508 e. The zero-order valence-corrected chi connectivity index (χ0v) is 11.4. The number of rotatable bonds is 2. The molecule has 1 aromatic carbocycles. The first-order valence-electron chi connectivity index (χ1n) is 6.14. The van der Waals surface area contributed by atoms with Gasteiger partial charge in [0.25, 0.3) is 0 Å². The van der Waals surface area contributed by atoms with Crippen LogP contribution in [0, 0.1) is 5.92 Å². The van der Waals surface area contributed by atoms with E-state index in [0.717, 1.165) is 5.92 Å². The van der Waals surface area contributed by atoms with E-state index < -0.39 is 0 Å². The van der Waals surface area contributed by atoms with Gasteiger partial charge in [0.15, 0.2) is 0 Å². The fourth-order valence-electron chi connectivity index (χ4n) is 2.69. The molecule has 0 aromatic heterocycles. The highest BCUT2D eigenvalue weighted by molar-refractivity contribution is 5.85. The molecule has 1 aliphatic heterocycles. The van der Waals surface area contributed by atoms with E-state index in [1.165, 1.54) is 31.5 Å². The van der Waals surface area contributed by atoms with Crippen LogP contribution < -0.4 is 0 Å². The van der Waals surface area contributed by atoms with Crippen LogP contribution in [-0.4, -0.2) is 30.1 Å². The van der Waals surface area contributed by atoms with Gasteiger partial charge in [-0.3, -0.25) is 0 Å². The molecule has 0 radical (unpaired) electrons. The van der Waals surface area contributed by atoms with Gasteiger partial charge in [-0.25, -0.2) is 0 Å². The highest BCUT2D eigenvalue weighted by Gasteiger charge is 2.23. The Morgan fingerprint density at radius 2 is 2.18 bits per heavy atom. The Bertz CT molecular complexity index is 356. The van der Waals surface area contributed by atoms with Crippen molar-refractivity contribution in [1.82, 2.24) is 4.90 Å². The predicted molar refractivity (Wildman–Crippen MR) is 74.0 cm³/mol. The molecule has 0 amide bonds. The SMILES string of the molecule is CC(c1cccc(O)c1)C1CCCN(C)C1.Cl. The van der Waals surface area contributed by atoms with Crippen molar-refractivity contribution in [3.8, 4) is 5.75 Å². The van der Waals surface area contributed by atoms with Crippen LogP contribution in [0.2, 0.25) is 0 Å². The van der Waals surface area contributed by atoms with Crippen LogP contribution in [0.5, 0.6) is 5.75 Å². The van der Waals surface area contributed by atoms with E-state index in [-0.39, 0.29) is 12.4 Å². The third-order valence-corrected chi connectivity index (χ3v) is 3.76. The quantitative estimate of drug-likeness (QED) is 0.877. The average Bonchev–Trinajstić information content (AvgIpc) is 2.28. The van der Waals surface area contributed by atoms with E-state index in [1.807, 2.05) is 12.1 Å². The minimum absolute atomic E-state index is 0. The van der Waals surface area contributed by atoms with E-state index in [4.69, 9.17) is 0 Å². The Labute approximate surface area is 110 Å². The van der Waals surface area contributed by atoms with Crippen LogP contribution in [0.3, 0.4) is 0 Å². The molecule has 2 unspecified atom stereocenters. The molecule has 0 bridgehead atoms. The standard InChI is InChI=1S/C14H21NO.ClH/c1-11(12-5-3-7-14(16)9-12)13-6-4-8-15(2)10-13;/h3,5,7,9,11,13,16H,4,6,8,10H2,1-2H3;1H. The van der Waals surface area contributed by atoms with Crippen LogP contribution >= 0.6 is 12.4 Å². The number of aromatic hydroxyl groups is 1. The summed E-state index contributed by atoms with van der Waals surface area (Å²) in [7, 11) is 2.20. The monoisotopic (exact) mass is 255 g/mol. The van der Waals surface area contributed by atoms with Crippen molar-refractivity contribution in [1.29, 1.82) is 0 Å². The fraction of sp³-hybridized carbons (Fsp3) is 0.571. The van der Waals surface area contributed by atoms with Gasteiger partial charge in [-0.2, -0.15) is 0 Å². The second-order valence-electron chi connectivity index (χ2n) is 5.05. The van der Waals surface area contributed by atoms with Crippen molar-refractivity contribution in [2.45, 2.75) is 25.7 Å². The molecule has 1 fully saturated rings. The molecule has 1 heterocycles. The van der Waals surface area contributed by atoms with Gasteiger partial charge in [-0.1, -0.05) is 19.1 Å². The van der Waals surface area contributed by atoms with Crippen LogP contribution in [0.1, 0.15) is 31.2 Å². The summed E-state index contributed by atoms with van der Waals surface area (Å²) in [5.41, 5.74) is 1.26. The molecule has 1 N–H and O–H groups in total. The summed E-state index contributed by atoms with van der Waals surface area (Å²) in [6.45, 7) is 4.68. The van der Waals surface area contributed by atoms with Gasteiger partial charge in [0.2, 0.25) is 0 Å². The predicted octanol–water partition coefficient (Wildman–Crippen LogP) is 3.26. The minimum atomic E-state index is 0. The summed E-state index contributed by atoms with van der Waals surface area (Å²) in [4.78, 5) is 2.41. The molecule has 1 aliphatic rings. The average molecular weight is 256 g/mol. The maximum atomic E-state index is 9.50. The molecule has 2 rings (SSSR count). The van der Waals surface area contributed by atoms with Gasteiger partial charge in [0.1, 0.15) is 5.75 Å². The number of likely N-dealkylation sites (tertiary alicyclic amines) is 1. The van der Waals surface area contributed by atoms with Crippen molar-refractivity contribution in [2.75, 3.05) is 20.1 Å². The highest BCUT2D eigenvalue weighted by atomic mass is 35.5. The minimum Gasteiger partial charge on any atom is -0.508 e. The van der Waals surface area contributed by atoms with E-state index >= 15 is 0 Å². The summed E-state index contributed by atoms with van der Waals surface area (Å²) in [5.74, 6) is 1.64. The summed E-state index contributed by atoms with van der Waals surface area (Å²) in [6.07, 6.45) is 2.60. The number of nitrogens with zero attached hydrogens (tertiary/aromatic N) is 1. The smallest absolute Gasteiger partial charge is 0.115 e. The Hall–Kier alpha value is -0.730. The summed E-state index contributed by atoms with van der Waals surface area (Å²) < 4.78 is 0. The van der Waals surface area contributed by atoms with Crippen LogP contribution in [0.4, 0.5) is 0 Å². The van der Waals surface area contributed by atoms with Gasteiger partial charge in [0, 0.05) is 6.54 Å². The maximum Gasteiger partial charge on any atom is 0.115 e. The van der Waals surface area contributed by atoms with E-state index in [1.54, 1.807) is 6.07 Å². The molecule has 1 saturated heterocycles. The Kier molecular flexibility index (Phi) is 5.29. The second kappa shape index (κ2) is 6.27. The van der Waals surface area contributed by atoms with Gasteiger partial charge in [0.05, 0.1) is 0 Å². The summed E-state index contributed by atoms with van der Waals surface area (Å²) >= 11 is 0. The zero-order valence-electron chi connectivity index (χ0n) is 10.6. The lowest BCUT2D eigenvalue weighted by Gasteiger charge is -2.33. The third-order valence-electron chi connectivity index (χ3n) is 3.76. The summed E-state index contributed by atoms with van der Waals surface area (Å²) in [5, 5.41) is 9.50. The van der Waals surface area contributed by atoms with E-state index in [2.05, 4.69) is 24.9 Å². The number of hydrogen-bond donors (Lipinski definition) is 1. The first kappa shape index (κ1) is 14.3. The number of phenols is 1. The van der Waals surface area contributed by atoms with Crippen molar-refractivity contribution in [3.63, 3.8) is 0 Å². The molecule has 96 valence electrons. The lowest BCUT2D eigenvalue weighted by Crippen LogP contribution is -2.34. The van der Waals surface area contributed by atoms with Crippen LogP contribution in [-0.2, 0) is 0 Å². The van der Waals surface area contributed by atoms with Crippen molar-refractivity contribution in [2.24, 2.45) is 5.92 Å². The number of hydrogen-bond acceptors (Lipinski definition) is 2. The molecular formula is C14H22ClNO. The third kappa shape index (κ3) is 3.62. The first-order chi connectivity index (χ1) is 7.66. The van der Waals surface area contributed by atoms with Crippen molar-refractivity contribution < 1.29 is 5.11 Å². The van der Waals surface area contributed by atoms with Gasteiger partial charge in [-0.15, -0.1) is 12.4 Å². The first-order valence-corrected chi connectivity index (χ1v) is 6.14. The van der Waals surface area contributed by atoms with Crippen LogP contribution in [0.15, 0.2) is 24.3 Å². The summed E-state index contributed by atoms with van der Waals surface area (Å²) in [6, 6.07) is 7.70. The lowest BCUT2D eigenvalue weighted by molar-refractivity contribution is 0.191. The number of halogens is 1. The van der Waals surface area contributed by atoms with Gasteiger partial charge >= 0.3 is 0 Å². The van der Waals surface area contributed by atoms with Crippen molar-refractivity contribution >= 4 is 12.4 Å². The number of benzene rings is 1. The number of phenolic OH excluding ortho intramolecular Hbond substituents is 1. The zero-order chi connectivity index (χ0) is 11.5. The Morgan fingerprint density at radius 1 is 1.41 bits per heavy atom. The maximum absolute atomic E-state index is 9.50. The molecule has 3 heteroatoms. The fourth-order valence-corrected chi connectivity index (χ4v) is 2.69.